The number of hydrogen-bond acceptors (Lipinski definition) is 4. The molecule has 8 heteroatoms. The Hall–Kier alpha value is -2.51. The number of carbonyl (C=O) groups excluding carboxylic acids is 1. The standard InChI is InChI=1S/C16H12ClFN4OS/c1-10-13(6-7-14(23)20-16-19-8-9-24-16)15(17)22(21-10)12-4-2-11(18)3-5-12/h2-9H,1H3,(H,19,20,23)/b7-6+. The van der Waals surface area contributed by atoms with Crippen molar-refractivity contribution in [1.82, 2.24) is 14.8 Å². The van der Waals surface area contributed by atoms with Gasteiger partial charge in [-0.05, 0) is 37.3 Å². The Balaban J connectivity index is 1.82. The molecule has 0 unspecified atom stereocenters. The molecule has 24 heavy (non-hydrogen) atoms. The summed E-state index contributed by atoms with van der Waals surface area (Å²) < 4.78 is 14.5. The Morgan fingerprint density at radius 1 is 1.38 bits per heavy atom. The van der Waals surface area contributed by atoms with Gasteiger partial charge in [0.05, 0.1) is 11.4 Å². The Kier molecular flexibility index (Phi) is 4.73. The van der Waals surface area contributed by atoms with E-state index < -0.39 is 0 Å². The second-order valence-electron chi connectivity index (χ2n) is 4.84. The monoisotopic (exact) mass is 362 g/mol. The molecule has 0 aliphatic carbocycles. The van der Waals surface area contributed by atoms with Crippen LogP contribution in [0, 0.1) is 12.7 Å². The van der Waals surface area contributed by atoms with Crippen molar-refractivity contribution in [2.45, 2.75) is 6.92 Å². The van der Waals surface area contributed by atoms with Gasteiger partial charge in [-0.3, -0.25) is 10.1 Å². The zero-order chi connectivity index (χ0) is 17.1. The quantitative estimate of drug-likeness (QED) is 0.711. The minimum Gasteiger partial charge on any atom is -0.298 e. The summed E-state index contributed by atoms with van der Waals surface area (Å²) in [5.74, 6) is -0.646. The van der Waals surface area contributed by atoms with Gasteiger partial charge in [-0.2, -0.15) is 5.10 Å². The number of amides is 1. The van der Waals surface area contributed by atoms with E-state index in [9.17, 15) is 9.18 Å². The van der Waals surface area contributed by atoms with Gasteiger partial charge in [0.15, 0.2) is 5.13 Å². The lowest BCUT2D eigenvalue weighted by molar-refractivity contribution is -0.111. The summed E-state index contributed by atoms with van der Waals surface area (Å²) in [6, 6.07) is 5.83. The second-order valence-corrected chi connectivity index (χ2v) is 6.09. The van der Waals surface area contributed by atoms with Crippen LogP contribution in [0.25, 0.3) is 11.8 Å². The van der Waals surface area contributed by atoms with Gasteiger partial charge >= 0.3 is 0 Å². The van der Waals surface area contributed by atoms with Crippen LogP contribution in [-0.4, -0.2) is 20.7 Å². The van der Waals surface area contributed by atoms with Crippen molar-refractivity contribution in [2.75, 3.05) is 5.32 Å². The summed E-state index contributed by atoms with van der Waals surface area (Å²) in [6.07, 6.45) is 4.57. The van der Waals surface area contributed by atoms with Crippen LogP contribution in [0.2, 0.25) is 5.15 Å². The van der Waals surface area contributed by atoms with E-state index in [1.54, 1.807) is 36.7 Å². The largest absolute Gasteiger partial charge is 0.298 e. The predicted octanol–water partition coefficient (Wildman–Crippen LogP) is 4.08. The van der Waals surface area contributed by atoms with Gasteiger partial charge in [0, 0.05) is 23.2 Å². The lowest BCUT2D eigenvalue weighted by Crippen LogP contribution is -2.07. The van der Waals surface area contributed by atoms with E-state index in [-0.39, 0.29) is 11.7 Å². The first-order valence-electron chi connectivity index (χ1n) is 6.94. The van der Waals surface area contributed by atoms with E-state index in [1.807, 2.05) is 0 Å². The first-order valence-corrected chi connectivity index (χ1v) is 8.20. The lowest BCUT2D eigenvalue weighted by Gasteiger charge is -2.02. The van der Waals surface area contributed by atoms with Gasteiger partial charge in [-0.25, -0.2) is 14.1 Å². The summed E-state index contributed by atoms with van der Waals surface area (Å²) in [5.41, 5.74) is 1.91. The Morgan fingerprint density at radius 2 is 2.12 bits per heavy atom. The zero-order valence-corrected chi connectivity index (χ0v) is 14.1. The molecule has 0 bridgehead atoms. The van der Waals surface area contributed by atoms with E-state index in [0.717, 1.165) is 0 Å². The number of benzene rings is 1. The maximum atomic E-state index is 13.0. The number of aromatic nitrogens is 3. The fourth-order valence-electron chi connectivity index (χ4n) is 2.05. The summed E-state index contributed by atoms with van der Waals surface area (Å²) in [4.78, 5) is 15.9. The number of rotatable bonds is 4. The van der Waals surface area contributed by atoms with Gasteiger partial charge < -0.3 is 0 Å². The molecule has 0 fully saturated rings. The van der Waals surface area contributed by atoms with Crippen LogP contribution in [0.4, 0.5) is 9.52 Å². The average molecular weight is 363 g/mol. The van der Waals surface area contributed by atoms with Crippen LogP contribution in [0.3, 0.4) is 0 Å². The van der Waals surface area contributed by atoms with Crippen LogP contribution < -0.4 is 5.32 Å². The molecule has 1 aromatic carbocycles. The number of thiazole rings is 1. The molecule has 3 aromatic rings. The number of anilines is 1. The molecule has 0 saturated heterocycles. The highest BCUT2D eigenvalue weighted by Crippen LogP contribution is 2.25. The van der Waals surface area contributed by atoms with Gasteiger partial charge in [0.1, 0.15) is 11.0 Å². The summed E-state index contributed by atoms with van der Waals surface area (Å²) in [7, 11) is 0. The van der Waals surface area contributed by atoms with Crippen molar-refractivity contribution in [3.63, 3.8) is 0 Å². The maximum absolute atomic E-state index is 13.0. The molecular weight excluding hydrogens is 351 g/mol. The molecule has 3 rings (SSSR count). The molecule has 0 atom stereocenters. The van der Waals surface area contributed by atoms with Crippen molar-refractivity contribution in [1.29, 1.82) is 0 Å². The van der Waals surface area contributed by atoms with Crippen molar-refractivity contribution >= 4 is 40.1 Å². The molecule has 5 nitrogen and oxygen atoms in total. The first-order chi connectivity index (χ1) is 11.5. The number of halogens is 2. The Morgan fingerprint density at radius 3 is 2.79 bits per heavy atom. The van der Waals surface area contributed by atoms with Crippen LogP contribution in [0.15, 0.2) is 41.9 Å². The summed E-state index contributed by atoms with van der Waals surface area (Å²) in [6.45, 7) is 1.78. The summed E-state index contributed by atoms with van der Waals surface area (Å²) >= 11 is 7.68. The van der Waals surface area contributed by atoms with E-state index in [0.29, 0.717) is 27.2 Å². The van der Waals surface area contributed by atoms with E-state index in [4.69, 9.17) is 11.6 Å². The molecule has 0 radical (unpaired) electrons. The second kappa shape index (κ2) is 6.94. The van der Waals surface area contributed by atoms with Crippen LogP contribution in [0.1, 0.15) is 11.3 Å². The molecule has 1 N–H and O–H groups in total. The number of hydrogen-bond donors (Lipinski definition) is 1. The van der Waals surface area contributed by atoms with Crippen molar-refractivity contribution in [3.8, 4) is 5.69 Å². The normalized spacial score (nSPS) is 11.1. The number of carbonyl (C=O) groups is 1. The molecule has 122 valence electrons. The maximum Gasteiger partial charge on any atom is 0.250 e. The van der Waals surface area contributed by atoms with Gasteiger partial charge in [0.2, 0.25) is 5.91 Å². The minimum absolute atomic E-state index is 0.310. The third kappa shape index (κ3) is 3.52. The lowest BCUT2D eigenvalue weighted by atomic mass is 10.2. The van der Waals surface area contributed by atoms with Crippen LogP contribution in [0.5, 0.6) is 0 Å². The Labute approximate surface area is 146 Å². The fourth-order valence-corrected chi connectivity index (χ4v) is 2.91. The van der Waals surface area contributed by atoms with Crippen molar-refractivity contribution in [3.05, 3.63) is 64.1 Å². The molecular formula is C16H12ClFN4OS. The molecule has 2 aromatic heterocycles. The zero-order valence-electron chi connectivity index (χ0n) is 12.5. The highest BCUT2D eigenvalue weighted by molar-refractivity contribution is 7.13. The predicted molar refractivity (Wildman–Crippen MR) is 93.0 cm³/mol. The average Bonchev–Trinajstić information content (AvgIpc) is 3.15. The molecule has 0 aliphatic rings. The third-order valence-electron chi connectivity index (χ3n) is 3.18. The smallest absolute Gasteiger partial charge is 0.250 e. The van der Waals surface area contributed by atoms with E-state index in [1.165, 1.54) is 34.2 Å². The van der Waals surface area contributed by atoms with Crippen molar-refractivity contribution < 1.29 is 9.18 Å². The fraction of sp³-hybridized carbons (Fsp3) is 0.0625. The SMILES string of the molecule is Cc1nn(-c2ccc(F)cc2)c(Cl)c1/C=C/C(=O)Nc1nccs1. The molecule has 0 aliphatic heterocycles. The number of nitrogens with one attached hydrogen (secondary N) is 1. The van der Waals surface area contributed by atoms with E-state index in [2.05, 4.69) is 15.4 Å². The highest BCUT2D eigenvalue weighted by Gasteiger charge is 2.13. The van der Waals surface area contributed by atoms with Gasteiger partial charge in [-0.1, -0.05) is 11.6 Å². The minimum atomic E-state index is -0.335. The number of aryl methyl sites for hydroxylation is 1. The highest BCUT2D eigenvalue weighted by atomic mass is 35.5. The van der Waals surface area contributed by atoms with Crippen molar-refractivity contribution in [2.24, 2.45) is 0 Å². The van der Waals surface area contributed by atoms with E-state index >= 15 is 0 Å². The van der Waals surface area contributed by atoms with Gasteiger partial charge in [-0.15, -0.1) is 11.3 Å². The van der Waals surface area contributed by atoms with Gasteiger partial charge in [0.25, 0.3) is 0 Å². The van der Waals surface area contributed by atoms with Crippen LogP contribution in [-0.2, 0) is 4.79 Å². The first kappa shape index (κ1) is 16.4. The third-order valence-corrected chi connectivity index (χ3v) is 4.24. The number of nitrogens with zero attached hydrogens (tertiary/aromatic N) is 3. The molecule has 0 saturated carbocycles. The molecule has 1 amide bonds. The summed E-state index contributed by atoms with van der Waals surface area (Å²) in [5, 5.41) is 9.62. The van der Waals surface area contributed by atoms with Crippen LogP contribution >= 0.6 is 22.9 Å². The molecule has 0 spiro atoms. The Bertz CT molecular complexity index is 888. The molecule has 2 heterocycles. The topological polar surface area (TPSA) is 59.8 Å².